The molecule has 1 unspecified atom stereocenters. The summed E-state index contributed by atoms with van der Waals surface area (Å²) in [7, 11) is 0. The normalized spacial score (nSPS) is 20.1. The van der Waals surface area contributed by atoms with Crippen LogP contribution in [0.1, 0.15) is 19.3 Å². The van der Waals surface area contributed by atoms with Crippen molar-refractivity contribution in [2.45, 2.75) is 24.3 Å². The Balaban J connectivity index is 1.97. The number of hydrogen-bond donors (Lipinski definition) is 0. The summed E-state index contributed by atoms with van der Waals surface area (Å²) in [4.78, 5) is 16.0. The number of carbonyl (C=O) groups excluding carboxylic acids is 1. The SMILES string of the molecule is O=C(Sc1ccccn1)C1C=CCCC1. The van der Waals surface area contributed by atoms with Gasteiger partial charge >= 0.3 is 0 Å². The molecule has 0 aliphatic heterocycles. The molecule has 0 fully saturated rings. The summed E-state index contributed by atoms with van der Waals surface area (Å²) in [6.07, 6.45) is 9.06. The lowest BCUT2D eigenvalue weighted by Crippen LogP contribution is -2.10. The number of nitrogens with zero attached hydrogens (tertiary/aromatic N) is 1. The number of rotatable bonds is 2. The van der Waals surface area contributed by atoms with E-state index in [4.69, 9.17) is 0 Å². The molecule has 15 heavy (non-hydrogen) atoms. The fraction of sp³-hybridized carbons (Fsp3) is 0.333. The molecule has 1 aromatic heterocycles. The van der Waals surface area contributed by atoms with Crippen molar-refractivity contribution in [3.63, 3.8) is 0 Å². The third-order valence-electron chi connectivity index (χ3n) is 2.40. The Morgan fingerprint density at radius 1 is 1.47 bits per heavy atom. The van der Waals surface area contributed by atoms with Crippen LogP contribution in [-0.2, 0) is 4.79 Å². The van der Waals surface area contributed by atoms with Crippen molar-refractivity contribution in [1.82, 2.24) is 4.98 Å². The van der Waals surface area contributed by atoms with Gasteiger partial charge in [-0.05, 0) is 43.2 Å². The van der Waals surface area contributed by atoms with E-state index in [1.807, 2.05) is 24.3 Å². The number of carbonyl (C=O) groups is 1. The topological polar surface area (TPSA) is 30.0 Å². The van der Waals surface area contributed by atoms with Gasteiger partial charge < -0.3 is 0 Å². The first-order chi connectivity index (χ1) is 7.36. The van der Waals surface area contributed by atoms with Crippen molar-refractivity contribution >= 4 is 16.9 Å². The molecule has 0 radical (unpaired) electrons. The van der Waals surface area contributed by atoms with E-state index in [1.54, 1.807) is 6.20 Å². The standard InChI is InChI=1S/C12H13NOS/c14-12(10-6-2-1-3-7-10)15-11-8-4-5-9-13-11/h2,4-6,8-10H,1,3,7H2. The van der Waals surface area contributed by atoms with Crippen molar-refractivity contribution in [3.8, 4) is 0 Å². The Hall–Kier alpha value is -1.09. The number of hydrogen-bond acceptors (Lipinski definition) is 3. The smallest absolute Gasteiger partial charge is 0.201 e. The van der Waals surface area contributed by atoms with E-state index in [1.165, 1.54) is 11.8 Å². The zero-order chi connectivity index (χ0) is 10.5. The predicted octanol–water partition coefficient (Wildman–Crippen LogP) is 3.06. The second kappa shape index (κ2) is 5.12. The molecule has 2 rings (SSSR count). The van der Waals surface area contributed by atoms with Gasteiger partial charge in [-0.15, -0.1) is 0 Å². The first-order valence-corrected chi connectivity index (χ1v) is 5.97. The highest BCUT2D eigenvalue weighted by Gasteiger charge is 2.18. The highest BCUT2D eigenvalue weighted by Crippen LogP contribution is 2.26. The van der Waals surface area contributed by atoms with Crippen molar-refractivity contribution in [3.05, 3.63) is 36.5 Å². The second-order valence-corrected chi connectivity index (χ2v) is 4.58. The minimum atomic E-state index is 0.0887. The van der Waals surface area contributed by atoms with Crippen LogP contribution in [0.5, 0.6) is 0 Å². The van der Waals surface area contributed by atoms with Crippen LogP contribution in [0.25, 0.3) is 0 Å². The van der Waals surface area contributed by atoms with E-state index < -0.39 is 0 Å². The molecule has 0 N–H and O–H groups in total. The second-order valence-electron chi connectivity index (χ2n) is 3.55. The van der Waals surface area contributed by atoms with Crippen LogP contribution in [-0.4, -0.2) is 10.1 Å². The molecule has 3 heteroatoms. The summed E-state index contributed by atoms with van der Waals surface area (Å²) in [5.41, 5.74) is 0. The van der Waals surface area contributed by atoms with Crippen molar-refractivity contribution in [1.29, 1.82) is 0 Å². The Kier molecular flexibility index (Phi) is 3.56. The van der Waals surface area contributed by atoms with Gasteiger partial charge in [0.15, 0.2) is 0 Å². The van der Waals surface area contributed by atoms with Crippen LogP contribution in [0.2, 0.25) is 0 Å². The van der Waals surface area contributed by atoms with Crippen LogP contribution in [0, 0.1) is 5.92 Å². The summed E-state index contributed by atoms with van der Waals surface area (Å²) < 4.78 is 0. The first-order valence-electron chi connectivity index (χ1n) is 5.15. The Bertz CT molecular complexity index is 361. The van der Waals surface area contributed by atoms with Crippen molar-refractivity contribution in [2.75, 3.05) is 0 Å². The summed E-state index contributed by atoms with van der Waals surface area (Å²) in [5, 5.41) is 1.01. The lowest BCUT2D eigenvalue weighted by atomic mass is 9.97. The lowest BCUT2D eigenvalue weighted by molar-refractivity contribution is -0.113. The predicted molar refractivity (Wildman–Crippen MR) is 61.6 cm³/mol. The average Bonchev–Trinajstić information content (AvgIpc) is 2.31. The van der Waals surface area contributed by atoms with E-state index >= 15 is 0 Å². The molecular weight excluding hydrogens is 206 g/mol. The van der Waals surface area contributed by atoms with Crippen molar-refractivity contribution in [2.24, 2.45) is 5.92 Å². The van der Waals surface area contributed by atoms with Gasteiger partial charge in [-0.25, -0.2) is 4.98 Å². The van der Waals surface area contributed by atoms with Crippen LogP contribution < -0.4 is 0 Å². The van der Waals surface area contributed by atoms with Gasteiger partial charge in [0, 0.05) is 12.1 Å². The molecular formula is C12H13NOS. The maximum atomic E-state index is 11.8. The van der Waals surface area contributed by atoms with Gasteiger partial charge in [-0.3, -0.25) is 4.79 Å². The number of pyridine rings is 1. The fourth-order valence-corrected chi connectivity index (χ4v) is 2.41. The van der Waals surface area contributed by atoms with E-state index in [0.717, 1.165) is 24.3 Å². The molecule has 1 aliphatic rings. The van der Waals surface area contributed by atoms with Gasteiger partial charge in [-0.1, -0.05) is 18.2 Å². The lowest BCUT2D eigenvalue weighted by Gasteiger charge is -2.13. The Labute approximate surface area is 93.8 Å². The number of thioether (sulfide) groups is 1. The largest absolute Gasteiger partial charge is 0.286 e. The number of aromatic nitrogens is 1. The highest BCUT2D eigenvalue weighted by atomic mass is 32.2. The summed E-state index contributed by atoms with van der Waals surface area (Å²) >= 11 is 1.25. The van der Waals surface area contributed by atoms with E-state index in [-0.39, 0.29) is 11.0 Å². The molecule has 0 aromatic carbocycles. The van der Waals surface area contributed by atoms with Crippen LogP contribution in [0.3, 0.4) is 0 Å². The van der Waals surface area contributed by atoms with E-state index in [2.05, 4.69) is 11.1 Å². The van der Waals surface area contributed by atoms with Gasteiger partial charge in [0.25, 0.3) is 0 Å². The van der Waals surface area contributed by atoms with E-state index in [9.17, 15) is 4.79 Å². The maximum absolute atomic E-state index is 11.8. The van der Waals surface area contributed by atoms with Crippen LogP contribution >= 0.6 is 11.8 Å². The maximum Gasteiger partial charge on any atom is 0.201 e. The molecule has 1 aromatic rings. The third kappa shape index (κ3) is 2.93. The quantitative estimate of drug-likeness (QED) is 0.565. The molecule has 1 heterocycles. The van der Waals surface area contributed by atoms with Gasteiger partial charge in [0.1, 0.15) is 5.03 Å². The monoisotopic (exact) mass is 219 g/mol. The van der Waals surface area contributed by atoms with E-state index in [0.29, 0.717) is 0 Å². The van der Waals surface area contributed by atoms with Gasteiger partial charge in [0.05, 0.1) is 0 Å². The summed E-state index contributed by atoms with van der Waals surface area (Å²) in [6.45, 7) is 0. The molecule has 0 saturated heterocycles. The third-order valence-corrected chi connectivity index (χ3v) is 3.35. The average molecular weight is 219 g/mol. The molecule has 1 atom stereocenters. The Morgan fingerprint density at radius 2 is 2.40 bits per heavy atom. The molecule has 0 saturated carbocycles. The molecule has 78 valence electrons. The van der Waals surface area contributed by atoms with Crippen LogP contribution in [0.15, 0.2) is 41.6 Å². The van der Waals surface area contributed by atoms with Crippen LogP contribution in [0.4, 0.5) is 0 Å². The summed E-state index contributed by atoms with van der Waals surface area (Å²) in [6, 6.07) is 5.63. The zero-order valence-corrected chi connectivity index (χ0v) is 9.24. The molecule has 1 aliphatic carbocycles. The van der Waals surface area contributed by atoms with Gasteiger partial charge in [0.2, 0.25) is 5.12 Å². The van der Waals surface area contributed by atoms with Gasteiger partial charge in [-0.2, -0.15) is 0 Å². The molecule has 0 bridgehead atoms. The minimum absolute atomic E-state index is 0.0887. The Morgan fingerprint density at radius 3 is 3.07 bits per heavy atom. The minimum Gasteiger partial charge on any atom is -0.286 e. The first kappa shape index (κ1) is 10.4. The fourth-order valence-electron chi connectivity index (χ4n) is 1.59. The zero-order valence-electron chi connectivity index (χ0n) is 8.43. The molecule has 0 spiro atoms. The van der Waals surface area contributed by atoms with Crippen molar-refractivity contribution < 1.29 is 4.79 Å². The molecule has 0 amide bonds. The highest BCUT2D eigenvalue weighted by molar-refractivity contribution is 8.13. The number of allylic oxidation sites excluding steroid dienone is 2. The molecule has 2 nitrogen and oxygen atoms in total. The summed E-state index contributed by atoms with van der Waals surface area (Å²) in [5.74, 6) is 0.0887.